The second-order valence-electron chi connectivity index (χ2n) is 5.92. The van der Waals surface area contributed by atoms with E-state index in [4.69, 9.17) is 4.74 Å². The van der Waals surface area contributed by atoms with Crippen LogP contribution in [0.2, 0.25) is 0 Å². The van der Waals surface area contributed by atoms with Gasteiger partial charge in [-0.3, -0.25) is 24.5 Å². The summed E-state index contributed by atoms with van der Waals surface area (Å²) in [6.07, 6.45) is 0.505. The van der Waals surface area contributed by atoms with Crippen LogP contribution in [0.3, 0.4) is 0 Å². The lowest BCUT2D eigenvalue weighted by atomic mass is 10.0. The number of amides is 4. The van der Waals surface area contributed by atoms with E-state index in [1.807, 2.05) is 0 Å². The van der Waals surface area contributed by atoms with Gasteiger partial charge in [0, 0.05) is 36.4 Å². The van der Waals surface area contributed by atoms with Gasteiger partial charge in [0.25, 0.3) is 5.91 Å². The zero-order valence-corrected chi connectivity index (χ0v) is 13.8. The molecule has 8 heteroatoms. The van der Waals surface area contributed by atoms with E-state index in [2.05, 4.69) is 10.6 Å². The predicted molar refractivity (Wildman–Crippen MR) is 87.6 cm³/mol. The fourth-order valence-electron chi connectivity index (χ4n) is 3.08. The number of ether oxygens (including phenoxy) is 1. The minimum Gasteiger partial charge on any atom is -0.372 e. The van der Waals surface area contributed by atoms with Crippen molar-refractivity contribution >= 4 is 29.3 Å². The fourth-order valence-corrected chi connectivity index (χ4v) is 3.08. The van der Waals surface area contributed by atoms with Gasteiger partial charge in [-0.05, 0) is 25.5 Å². The molecule has 2 N–H and O–H groups in total. The number of carbonyl (C=O) groups is 4. The number of fused-ring (bicyclic) bond motifs is 1. The summed E-state index contributed by atoms with van der Waals surface area (Å²) in [6, 6.07) is 4.39. The van der Waals surface area contributed by atoms with Crippen molar-refractivity contribution in [3.05, 3.63) is 29.3 Å². The van der Waals surface area contributed by atoms with E-state index in [0.29, 0.717) is 29.8 Å². The number of rotatable bonds is 5. The molecule has 1 aromatic carbocycles. The molecule has 8 nitrogen and oxygen atoms in total. The molecular formula is C17H19N3O5. The number of piperidine rings is 1. The molecule has 4 amide bonds. The van der Waals surface area contributed by atoms with Crippen molar-refractivity contribution in [2.75, 3.05) is 18.5 Å². The first-order valence-corrected chi connectivity index (χ1v) is 8.15. The standard InChI is InChI=1S/C17H19N3O5/c1-2-25-9-15(22)18-12-5-3-4-10-11(12)8-20(17(10)24)13-6-7-14(21)19-16(13)23/h3-5,13H,2,6-9H2,1H3,(H,18,22)(H,19,21,23). The molecule has 0 spiro atoms. The molecule has 0 bridgehead atoms. The number of hydrogen-bond acceptors (Lipinski definition) is 5. The molecule has 1 saturated heterocycles. The van der Waals surface area contributed by atoms with Crippen LogP contribution in [0.5, 0.6) is 0 Å². The summed E-state index contributed by atoms with van der Waals surface area (Å²) in [5.74, 6) is -1.36. The molecule has 1 fully saturated rings. The number of nitrogens with one attached hydrogen (secondary N) is 2. The SMILES string of the molecule is CCOCC(=O)Nc1cccc2c1CN(C1CCC(=O)NC1=O)C2=O. The normalized spacial score (nSPS) is 19.6. The van der Waals surface area contributed by atoms with Crippen LogP contribution in [0.15, 0.2) is 18.2 Å². The van der Waals surface area contributed by atoms with Crippen LogP contribution < -0.4 is 10.6 Å². The zero-order valence-electron chi connectivity index (χ0n) is 13.8. The van der Waals surface area contributed by atoms with E-state index >= 15 is 0 Å². The maximum absolute atomic E-state index is 12.7. The Labute approximate surface area is 144 Å². The molecule has 2 aliphatic rings. The van der Waals surface area contributed by atoms with Crippen molar-refractivity contribution in [3.8, 4) is 0 Å². The first-order valence-electron chi connectivity index (χ1n) is 8.15. The number of carbonyl (C=O) groups excluding carboxylic acids is 4. The van der Waals surface area contributed by atoms with Crippen LogP contribution in [0.25, 0.3) is 0 Å². The van der Waals surface area contributed by atoms with Gasteiger partial charge in [0.1, 0.15) is 12.6 Å². The summed E-state index contributed by atoms with van der Waals surface area (Å²) in [4.78, 5) is 49.4. The third-order valence-corrected chi connectivity index (χ3v) is 4.29. The van der Waals surface area contributed by atoms with Gasteiger partial charge >= 0.3 is 0 Å². The molecule has 1 atom stereocenters. The van der Waals surface area contributed by atoms with E-state index in [1.165, 1.54) is 4.90 Å². The molecule has 132 valence electrons. The second-order valence-corrected chi connectivity index (χ2v) is 5.92. The minimum absolute atomic E-state index is 0.0645. The molecule has 0 aliphatic carbocycles. The summed E-state index contributed by atoms with van der Waals surface area (Å²) >= 11 is 0. The molecule has 2 heterocycles. The minimum atomic E-state index is -0.676. The third-order valence-electron chi connectivity index (χ3n) is 4.29. The van der Waals surface area contributed by atoms with Gasteiger partial charge in [-0.15, -0.1) is 0 Å². The van der Waals surface area contributed by atoms with E-state index in [1.54, 1.807) is 25.1 Å². The average molecular weight is 345 g/mol. The molecule has 25 heavy (non-hydrogen) atoms. The summed E-state index contributed by atoms with van der Waals surface area (Å²) in [6.45, 7) is 2.38. The summed E-state index contributed by atoms with van der Waals surface area (Å²) in [5, 5.41) is 5.01. The Morgan fingerprint density at radius 1 is 1.36 bits per heavy atom. The highest BCUT2D eigenvalue weighted by Gasteiger charge is 2.39. The molecule has 3 rings (SSSR count). The van der Waals surface area contributed by atoms with Crippen molar-refractivity contribution < 1.29 is 23.9 Å². The molecular weight excluding hydrogens is 326 g/mol. The lowest BCUT2D eigenvalue weighted by molar-refractivity contribution is -0.137. The van der Waals surface area contributed by atoms with E-state index < -0.39 is 11.9 Å². The summed E-state index contributed by atoms with van der Waals surface area (Å²) < 4.78 is 5.07. The number of hydrogen-bond donors (Lipinski definition) is 2. The van der Waals surface area contributed by atoms with E-state index in [9.17, 15) is 19.2 Å². The van der Waals surface area contributed by atoms with Crippen molar-refractivity contribution in [3.63, 3.8) is 0 Å². The van der Waals surface area contributed by atoms with Crippen molar-refractivity contribution in [1.29, 1.82) is 0 Å². The fraction of sp³-hybridized carbons (Fsp3) is 0.412. The summed E-state index contributed by atoms with van der Waals surface area (Å²) in [5.41, 5.74) is 1.66. The van der Waals surface area contributed by atoms with Crippen LogP contribution in [0.1, 0.15) is 35.7 Å². The third kappa shape index (κ3) is 3.39. The molecule has 0 aromatic heterocycles. The maximum Gasteiger partial charge on any atom is 0.255 e. The number of benzene rings is 1. The molecule has 1 unspecified atom stereocenters. The Balaban J connectivity index is 1.79. The highest BCUT2D eigenvalue weighted by Crippen LogP contribution is 2.32. The van der Waals surface area contributed by atoms with Crippen molar-refractivity contribution in [2.24, 2.45) is 0 Å². The Kier molecular flexibility index (Phi) is 4.80. The van der Waals surface area contributed by atoms with Gasteiger partial charge in [-0.2, -0.15) is 0 Å². The summed E-state index contributed by atoms with van der Waals surface area (Å²) in [7, 11) is 0. The Morgan fingerprint density at radius 2 is 2.16 bits per heavy atom. The Bertz CT molecular complexity index is 746. The Morgan fingerprint density at radius 3 is 2.88 bits per heavy atom. The second kappa shape index (κ2) is 7.02. The number of imide groups is 1. The van der Waals surface area contributed by atoms with E-state index in [-0.39, 0.29) is 37.3 Å². The molecule has 1 aromatic rings. The highest BCUT2D eigenvalue weighted by atomic mass is 16.5. The quantitative estimate of drug-likeness (QED) is 0.753. The Hall–Kier alpha value is -2.74. The highest BCUT2D eigenvalue weighted by molar-refractivity contribution is 6.06. The van der Waals surface area contributed by atoms with Crippen LogP contribution >= 0.6 is 0 Å². The van der Waals surface area contributed by atoms with Crippen molar-refractivity contribution in [1.82, 2.24) is 10.2 Å². The lowest BCUT2D eigenvalue weighted by Gasteiger charge is -2.29. The molecule has 2 aliphatic heterocycles. The van der Waals surface area contributed by atoms with Crippen molar-refractivity contribution in [2.45, 2.75) is 32.4 Å². The average Bonchev–Trinajstić information content (AvgIpc) is 2.91. The topological polar surface area (TPSA) is 105 Å². The molecule has 0 radical (unpaired) electrons. The van der Waals surface area contributed by atoms with Gasteiger partial charge in [-0.25, -0.2) is 0 Å². The number of nitrogens with zero attached hydrogens (tertiary/aromatic N) is 1. The van der Waals surface area contributed by atoms with Crippen LogP contribution in [-0.2, 0) is 25.7 Å². The maximum atomic E-state index is 12.7. The van der Waals surface area contributed by atoms with Gasteiger partial charge in [-0.1, -0.05) is 6.07 Å². The van der Waals surface area contributed by atoms with Gasteiger partial charge in [0.2, 0.25) is 17.7 Å². The lowest BCUT2D eigenvalue weighted by Crippen LogP contribution is -2.52. The first kappa shape index (κ1) is 17.1. The van der Waals surface area contributed by atoms with Gasteiger partial charge in [0.15, 0.2) is 0 Å². The molecule has 0 saturated carbocycles. The van der Waals surface area contributed by atoms with Gasteiger partial charge in [0.05, 0.1) is 0 Å². The van der Waals surface area contributed by atoms with Crippen LogP contribution in [-0.4, -0.2) is 47.8 Å². The van der Waals surface area contributed by atoms with Crippen LogP contribution in [0.4, 0.5) is 5.69 Å². The van der Waals surface area contributed by atoms with Gasteiger partial charge < -0.3 is 15.0 Å². The first-order chi connectivity index (χ1) is 12.0. The smallest absolute Gasteiger partial charge is 0.255 e. The predicted octanol–water partition coefficient (Wildman–Crippen LogP) is 0.423. The zero-order chi connectivity index (χ0) is 18.0. The van der Waals surface area contributed by atoms with E-state index in [0.717, 1.165) is 0 Å². The number of anilines is 1. The largest absolute Gasteiger partial charge is 0.372 e. The van der Waals surface area contributed by atoms with Crippen LogP contribution in [0, 0.1) is 0 Å². The monoisotopic (exact) mass is 345 g/mol.